The molecule has 0 aliphatic rings. The number of nitrogens with zero attached hydrogens (tertiary/aromatic N) is 1. The summed E-state index contributed by atoms with van der Waals surface area (Å²) < 4.78 is 39.3. The van der Waals surface area contributed by atoms with Crippen LogP contribution in [0, 0.1) is 6.92 Å². The van der Waals surface area contributed by atoms with Gasteiger partial charge in [-0.1, -0.05) is 45.8 Å². The normalized spacial score (nSPS) is 11.3. The number of sulfonamides is 1. The van der Waals surface area contributed by atoms with Crippen LogP contribution in [-0.2, 0) is 21.4 Å². The van der Waals surface area contributed by atoms with Crippen molar-refractivity contribution in [3.63, 3.8) is 0 Å². The lowest BCUT2D eigenvalue weighted by molar-refractivity contribution is -0.116. The van der Waals surface area contributed by atoms with Gasteiger partial charge in [0, 0.05) is 17.1 Å². The van der Waals surface area contributed by atoms with E-state index in [0.717, 1.165) is 19.9 Å². The first-order chi connectivity index (χ1) is 15.7. The molecule has 7 nitrogen and oxygen atoms in total. The molecule has 0 aliphatic carbocycles. The molecule has 1 amide bonds. The van der Waals surface area contributed by atoms with Gasteiger partial charge in [0.2, 0.25) is 15.9 Å². The van der Waals surface area contributed by atoms with E-state index in [0.29, 0.717) is 17.2 Å². The lowest BCUT2D eigenvalue weighted by Crippen LogP contribution is -2.37. The summed E-state index contributed by atoms with van der Waals surface area (Å²) in [6.45, 7) is 1.55. The van der Waals surface area contributed by atoms with Crippen molar-refractivity contribution < 1.29 is 22.7 Å². The number of aryl methyl sites for hydroxylation is 1. The number of methoxy groups -OCH3 is 2. The summed E-state index contributed by atoms with van der Waals surface area (Å²) >= 11 is 3.38. The number of carbonyl (C=O) groups is 1. The summed E-state index contributed by atoms with van der Waals surface area (Å²) in [5.41, 5.74) is 2.11. The van der Waals surface area contributed by atoms with Gasteiger partial charge in [-0.3, -0.25) is 4.79 Å². The highest BCUT2D eigenvalue weighted by atomic mass is 79.9. The molecule has 174 valence electrons. The second-order valence-corrected chi connectivity index (χ2v) is 10.2. The Bertz CT molecular complexity index is 1210. The number of benzene rings is 3. The topological polar surface area (TPSA) is 84.9 Å². The molecular weight excluding hydrogens is 508 g/mol. The fraction of sp³-hybridized carbons (Fsp3) is 0.208. The quantitative estimate of drug-likeness (QED) is 0.435. The zero-order valence-corrected chi connectivity index (χ0v) is 20.9. The van der Waals surface area contributed by atoms with E-state index in [1.165, 1.54) is 14.2 Å². The van der Waals surface area contributed by atoms with Crippen molar-refractivity contribution >= 4 is 37.5 Å². The van der Waals surface area contributed by atoms with Crippen LogP contribution in [0.15, 0.2) is 76.1 Å². The lowest BCUT2D eigenvalue weighted by Gasteiger charge is -2.22. The summed E-state index contributed by atoms with van der Waals surface area (Å²) in [5, 5.41) is 2.74. The SMILES string of the molecule is COc1ccc(NC(=O)CN(Cc2ccc(Br)cc2)S(=O)(=O)c2ccc(C)cc2)c(OC)c1. The van der Waals surface area contributed by atoms with Gasteiger partial charge in [-0.15, -0.1) is 0 Å². The van der Waals surface area contributed by atoms with Crippen LogP contribution in [0.5, 0.6) is 11.5 Å². The molecule has 0 unspecified atom stereocenters. The Morgan fingerprint density at radius 1 is 0.970 bits per heavy atom. The molecule has 0 radical (unpaired) electrons. The van der Waals surface area contributed by atoms with Gasteiger partial charge in [0.25, 0.3) is 0 Å². The van der Waals surface area contributed by atoms with Crippen molar-refractivity contribution in [3.8, 4) is 11.5 Å². The van der Waals surface area contributed by atoms with E-state index in [4.69, 9.17) is 9.47 Å². The van der Waals surface area contributed by atoms with Crippen molar-refractivity contribution in [2.75, 3.05) is 26.1 Å². The second-order valence-electron chi connectivity index (χ2n) is 7.33. The zero-order valence-electron chi connectivity index (χ0n) is 18.5. The van der Waals surface area contributed by atoms with Gasteiger partial charge >= 0.3 is 0 Å². The summed E-state index contributed by atoms with van der Waals surface area (Å²) in [5.74, 6) is 0.485. The molecule has 3 rings (SSSR count). The lowest BCUT2D eigenvalue weighted by atomic mass is 10.2. The number of halogens is 1. The van der Waals surface area contributed by atoms with Crippen molar-refractivity contribution in [1.29, 1.82) is 0 Å². The molecule has 0 saturated heterocycles. The fourth-order valence-electron chi connectivity index (χ4n) is 3.13. The highest BCUT2D eigenvalue weighted by molar-refractivity contribution is 9.10. The number of carbonyl (C=O) groups excluding carboxylic acids is 1. The Labute approximate surface area is 202 Å². The molecule has 0 spiro atoms. The minimum absolute atomic E-state index is 0.0384. The van der Waals surface area contributed by atoms with Crippen LogP contribution in [0.3, 0.4) is 0 Å². The Hall–Kier alpha value is -2.88. The van der Waals surface area contributed by atoms with Gasteiger partial charge < -0.3 is 14.8 Å². The van der Waals surface area contributed by atoms with E-state index in [9.17, 15) is 13.2 Å². The Morgan fingerprint density at radius 3 is 2.24 bits per heavy atom. The molecule has 3 aromatic carbocycles. The van der Waals surface area contributed by atoms with E-state index in [2.05, 4.69) is 21.2 Å². The molecule has 0 fully saturated rings. The number of nitrogens with one attached hydrogen (secondary N) is 1. The predicted molar refractivity (Wildman–Crippen MR) is 131 cm³/mol. The maximum atomic E-state index is 13.4. The summed E-state index contributed by atoms with van der Waals surface area (Å²) in [6.07, 6.45) is 0. The first-order valence-electron chi connectivity index (χ1n) is 10.1. The van der Waals surface area contributed by atoms with Gasteiger partial charge in [0.1, 0.15) is 11.5 Å². The molecule has 9 heteroatoms. The fourth-order valence-corrected chi connectivity index (χ4v) is 4.78. The first kappa shape index (κ1) is 24.8. The van der Waals surface area contributed by atoms with Crippen LogP contribution in [-0.4, -0.2) is 39.4 Å². The van der Waals surface area contributed by atoms with E-state index < -0.39 is 15.9 Å². The van der Waals surface area contributed by atoms with Gasteiger partial charge in [0.05, 0.1) is 31.3 Å². The average Bonchev–Trinajstić information content (AvgIpc) is 2.80. The predicted octanol–water partition coefficient (Wildman–Crippen LogP) is 4.60. The van der Waals surface area contributed by atoms with Gasteiger partial charge in [-0.05, 0) is 48.9 Å². The van der Waals surface area contributed by atoms with Crippen LogP contribution in [0.1, 0.15) is 11.1 Å². The van der Waals surface area contributed by atoms with Crippen LogP contribution in [0.25, 0.3) is 0 Å². The molecule has 0 atom stereocenters. The van der Waals surface area contributed by atoms with Crippen LogP contribution in [0.4, 0.5) is 5.69 Å². The van der Waals surface area contributed by atoms with Crippen LogP contribution in [0.2, 0.25) is 0 Å². The number of rotatable bonds is 9. The maximum Gasteiger partial charge on any atom is 0.243 e. The average molecular weight is 533 g/mol. The largest absolute Gasteiger partial charge is 0.497 e. The third-order valence-electron chi connectivity index (χ3n) is 4.93. The monoisotopic (exact) mass is 532 g/mol. The highest BCUT2D eigenvalue weighted by Gasteiger charge is 2.27. The second kappa shape index (κ2) is 10.8. The summed E-state index contributed by atoms with van der Waals surface area (Å²) in [7, 11) is -0.921. The smallest absolute Gasteiger partial charge is 0.243 e. The Morgan fingerprint density at radius 2 is 1.64 bits per heavy atom. The highest BCUT2D eigenvalue weighted by Crippen LogP contribution is 2.29. The third kappa shape index (κ3) is 6.34. The molecule has 1 N–H and O–H groups in total. The molecular formula is C24H25BrN2O5S. The van der Waals surface area contributed by atoms with E-state index in [1.807, 2.05) is 31.2 Å². The number of ether oxygens (including phenoxy) is 2. The molecule has 3 aromatic rings. The standard InChI is InChI=1S/C24H25BrN2O5S/c1-17-4-11-21(12-5-17)33(29,30)27(15-18-6-8-19(25)9-7-18)16-24(28)26-22-13-10-20(31-2)14-23(22)32-3/h4-14H,15-16H2,1-3H3,(H,26,28). The van der Waals surface area contributed by atoms with E-state index in [1.54, 1.807) is 42.5 Å². The maximum absolute atomic E-state index is 13.4. The molecule has 0 heterocycles. The molecule has 0 aliphatic heterocycles. The third-order valence-corrected chi connectivity index (χ3v) is 7.27. The van der Waals surface area contributed by atoms with Crippen LogP contribution < -0.4 is 14.8 Å². The van der Waals surface area contributed by atoms with Gasteiger partial charge in [0.15, 0.2) is 0 Å². The summed E-state index contributed by atoms with van der Waals surface area (Å²) in [6, 6.07) is 18.8. The molecule has 0 bridgehead atoms. The minimum Gasteiger partial charge on any atom is -0.497 e. The van der Waals surface area contributed by atoms with Crippen molar-refractivity contribution in [2.24, 2.45) is 0 Å². The van der Waals surface area contributed by atoms with Crippen molar-refractivity contribution in [1.82, 2.24) is 4.31 Å². The number of hydrogen-bond donors (Lipinski definition) is 1. The number of anilines is 1. The molecule has 0 aromatic heterocycles. The van der Waals surface area contributed by atoms with Crippen molar-refractivity contribution in [3.05, 3.63) is 82.3 Å². The van der Waals surface area contributed by atoms with E-state index >= 15 is 0 Å². The van der Waals surface area contributed by atoms with Crippen LogP contribution >= 0.6 is 15.9 Å². The van der Waals surface area contributed by atoms with E-state index in [-0.39, 0.29) is 18.0 Å². The Kier molecular flexibility index (Phi) is 8.12. The Balaban J connectivity index is 1.88. The zero-order chi connectivity index (χ0) is 24.0. The van der Waals surface area contributed by atoms with Gasteiger partial charge in [-0.2, -0.15) is 4.31 Å². The summed E-state index contributed by atoms with van der Waals surface area (Å²) in [4.78, 5) is 13.0. The molecule has 33 heavy (non-hydrogen) atoms. The number of amides is 1. The first-order valence-corrected chi connectivity index (χ1v) is 12.3. The van der Waals surface area contributed by atoms with Crippen molar-refractivity contribution in [2.45, 2.75) is 18.4 Å². The number of hydrogen-bond acceptors (Lipinski definition) is 5. The minimum atomic E-state index is -3.93. The van der Waals surface area contributed by atoms with Gasteiger partial charge in [-0.25, -0.2) is 8.42 Å². The molecule has 0 saturated carbocycles.